The number of fused-ring (bicyclic) bond motifs is 2. The zero-order valence-corrected chi connectivity index (χ0v) is 16.8. The van der Waals surface area contributed by atoms with E-state index in [9.17, 15) is 0 Å². The lowest BCUT2D eigenvalue weighted by molar-refractivity contribution is 0.171. The van der Waals surface area contributed by atoms with E-state index < -0.39 is 0 Å². The van der Waals surface area contributed by atoms with Crippen molar-refractivity contribution in [2.75, 3.05) is 32.8 Å². The second-order valence-electron chi connectivity index (χ2n) is 7.93. The van der Waals surface area contributed by atoms with Gasteiger partial charge in [-0.1, -0.05) is 18.2 Å². The quantitative estimate of drug-likeness (QED) is 0.486. The van der Waals surface area contributed by atoms with Gasteiger partial charge in [0, 0.05) is 36.1 Å². The fraction of sp³-hybridized carbons (Fsp3) is 0.391. The van der Waals surface area contributed by atoms with E-state index in [-0.39, 0.29) is 6.04 Å². The van der Waals surface area contributed by atoms with Gasteiger partial charge in [0.05, 0.1) is 6.04 Å². The van der Waals surface area contributed by atoms with Crippen molar-refractivity contribution in [2.45, 2.75) is 19.4 Å². The van der Waals surface area contributed by atoms with Crippen LogP contribution in [-0.2, 0) is 6.42 Å². The Bertz CT molecular complexity index is 1000. The Kier molecular flexibility index (Phi) is 5.14. The molecule has 1 saturated heterocycles. The number of H-pyrrole nitrogens is 1. The Balaban J connectivity index is 1.19. The highest BCUT2D eigenvalue weighted by atomic mass is 16.6. The van der Waals surface area contributed by atoms with E-state index in [2.05, 4.69) is 64.6 Å². The van der Waals surface area contributed by atoms with Crippen LogP contribution in [0.2, 0.25) is 0 Å². The molecule has 0 aliphatic carbocycles. The molecule has 2 unspecified atom stereocenters. The summed E-state index contributed by atoms with van der Waals surface area (Å²) in [5.41, 5.74) is 11.9. The molecule has 3 aromatic rings. The van der Waals surface area contributed by atoms with Crippen molar-refractivity contribution in [3.8, 4) is 11.5 Å². The maximum Gasteiger partial charge on any atom is 0.161 e. The van der Waals surface area contributed by atoms with Crippen molar-refractivity contribution in [3.63, 3.8) is 0 Å². The number of benzene rings is 2. The van der Waals surface area contributed by atoms with Crippen molar-refractivity contribution >= 4 is 10.9 Å². The maximum atomic E-state index is 5.75. The van der Waals surface area contributed by atoms with Gasteiger partial charge in [0.2, 0.25) is 0 Å². The largest absolute Gasteiger partial charge is 0.486 e. The zero-order chi connectivity index (χ0) is 19.6. The molecule has 2 atom stereocenters. The summed E-state index contributed by atoms with van der Waals surface area (Å²) in [6.07, 6.45) is 3.17. The van der Waals surface area contributed by atoms with Gasteiger partial charge in [-0.25, -0.2) is 5.43 Å². The van der Waals surface area contributed by atoms with E-state index >= 15 is 0 Å². The van der Waals surface area contributed by atoms with E-state index in [1.54, 1.807) is 0 Å². The number of rotatable bonds is 6. The van der Waals surface area contributed by atoms with Gasteiger partial charge >= 0.3 is 0 Å². The summed E-state index contributed by atoms with van der Waals surface area (Å²) in [5, 5.41) is 5.03. The molecule has 152 valence electrons. The Morgan fingerprint density at radius 2 is 2.00 bits per heavy atom. The van der Waals surface area contributed by atoms with Crippen LogP contribution in [0.15, 0.2) is 42.6 Å². The number of ether oxygens (including phenoxy) is 2. The van der Waals surface area contributed by atoms with Crippen molar-refractivity contribution in [1.29, 1.82) is 0 Å². The van der Waals surface area contributed by atoms with E-state index in [4.69, 9.17) is 9.47 Å². The third kappa shape index (κ3) is 3.71. The van der Waals surface area contributed by atoms with Crippen LogP contribution in [0.1, 0.15) is 22.7 Å². The summed E-state index contributed by atoms with van der Waals surface area (Å²) < 4.78 is 11.4. The third-order valence-electron chi connectivity index (χ3n) is 5.99. The van der Waals surface area contributed by atoms with Crippen molar-refractivity contribution in [2.24, 2.45) is 5.92 Å². The Morgan fingerprint density at radius 3 is 2.93 bits per heavy atom. The molecule has 6 heteroatoms. The topological polar surface area (TPSA) is 70.3 Å². The monoisotopic (exact) mass is 392 g/mol. The van der Waals surface area contributed by atoms with Gasteiger partial charge in [-0.05, 0) is 54.8 Å². The molecular weight excluding hydrogens is 364 g/mol. The zero-order valence-electron chi connectivity index (χ0n) is 16.8. The number of aryl methyl sites for hydroxylation is 1. The van der Waals surface area contributed by atoms with Crippen LogP contribution in [0.4, 0.5) is 0 Å². The first kappa shape index (κ1) is 18.5. The molecule has 2 aliphatic heterocycles. The molecule has 2 aromatic carbocycles. The minimum absolute atomic E-state index is 0.258. The van der Waals surface area contributed by atoms with Crippen molar-refractivity contribution in [3.05, 3.63) is 59.3 Å². The average molecular weight is 393 g/mol. The standard InChI is InChI=1S/C23H28N4O2/c1-15-3-2-4-19-22(15)17(13-25-19)7-8-24-12-18-14-26-27-23(18)16-5-6-20-21(11-16)29-10-9-28-20/h2-6,11,13,18,23-27H,7-10,12,14H2,1H3. The summed E-state index contributed by atoms with van der Waals surface area (Å²) in [6.45, 7) is 6.29. The predicted molar refractivity (Wildman–Crippen MR) is 114 cm³/mol. The van der Waals surface area contributed by atoms with Crippen LogP contribution < -0.4 is 25.6 Å². The Hall–Kier alpha value is -2.54. The van der Waals surface area contributed by atoms with Gasteiger partial charge in [0.15, 0.2) is 11.5 Å². The molecule has 0 bridgehead atoms. The van der Waals surface area contributed by atoms with Gasteiger partial charge in [0.1, 0.15) is 13.2 Å². The first-order valence-electron chi connectivity index (χ1n) is 10.4. The Labute approximate surface area is 170 Å². The van der Waals surface area contributed by atoms with Crippen LogP contribution in [0, 0.1) is 12.8 Å². The maximum absolute atomic E-state index is 5.75. The van der Waals surface area contributed by atoms with Crippen LogP contribution in [0.25, 0.3) is 10.9 Å². The van der Waals surface area contributed by atoms with Crippen LogP contribution >= 0.6 is 0 Å². The molecule has 4 N–H and O–H groups in total. The van der Waals surface area contributed by atoms with Crippen LogP contribution in [-0.4, -0.2) is 37.8 Å². The smallest absolute Gasteiger partial charge is 0.161 e. The molecule has 0 radical (unpaired) electrons. The van der Waals surface area contributed by atoms with E-state index in [1.165, 1.54) is 27.6 Å². The first-order chi connectivity index (χ1) is 14.3. The molecule has 1 aromatic heterocycles. The molecule has 1 fully saturated rings. The molecule has 0 amide bonds. The molecule has 0 saturated carbocycles. The lowest BCUT2D eigenvalue weighted by Crippen LogP contribution is -2.30. The van der Waals surface area contributed by atoms with E-state index in [0.29, 0.717) is 19.1 Å². The van der Waals surface area contributed by atoms with Gasteiger partial charge in [-0.2, -0.15) is 0 Å². The second-order valence-corrected chi connectivity index (χ2v) is 7.93. The molecule has 29 heavy (non-hydrogen) atoms. The predicted octanol–water partition coefficient (Wildman–Crippen LogP) is 2.84. The van der Waals surface area contributed by atoms with Gasteiger partial charge < -0.3 is 19.8 Å². The Morgan fingerprint density at radius 1 is 1.10 bits per heavy atom. The molecule has 2 aliphatic rings. The minimum atomic E-state index is 0.258. The van der Waals surface area contributed by atoms with E-state index in [0.717, 1.165) is 37.6 Å². The highest BCUT2D eigenvalue weighted by molar-refractivity contribution is 5.86. The number of nitrogens with one attached hydrogen (secondary N) is 4. The highest BCUT2D eigenvalue weighted by Gasteiger charge is 2.29. The van der Waals surface area contributed by atoms with Gasteiger partial charge in [-0.3, -0.25) is 5.43 Å². The van der Waals surface area contributed by atoms with E-state index in [1.807, 2.05) is 6.07 Å². The average Bonchev–Trinajstić information content (AvgIpc) is 3.38. The second kappa shape index (κ2) is 8.06. The first-order valence-corrected chi connectivity index (χ1v) is 10.4. The fourth-order valence-electron chi connectivity index (χ4n) is 4.49. The summed E-state index contributed by atoms with van der Waals surface area (Å²) in [4.78, 5) is 3.39. The van der Waals surface area contributed by atoms with Gasteiger partial charge in [0.25, 0.3) is 0 Å². The summed E-state index contributed by atoms with van der Waals surface area (Å²) in [6, 6.07) is 13.0. The number of aromatic nitrogens is 1. The van der Waals surface area contributed by atoms with Crippen LogP contribution in [0.3, 0.4) is 0 Å². The van der Waals surface area contributed by atoms with Crippen LogP contribution in [0.5, 0.6) is 11.5 Å². The third-order valence-corrected chi connectivity index (χ3v) is 5.99. The number of hydrogen-bond donors (Lipinski definition) is 4. The molecule has 6 nitrogen and oxygen atoms in total. The minimum Gasteiger partial charge on any atom is -0.486 e. The SMILES string of the molecule is Cc1cccc2[nH]cc(CCNCC3CNNC3c3ccc4c(c3)OCCO4)c12. The summed E-state index contributed by atoms with van der Waals surface area (Å²) in [5.74, 6) is 2.17. The van der Waals surface area contributed by atoms with Gasteiger partial charge in [-0.15, -0.1) is 0 Å². The van der Waals surface area contributed by atoms with Crippen molar-refractivity contribution in [1.82, 2.24) is 21.2 Å². The molecule has 0 spiro atoms. The normalized spacial score (nSPS) is 21.0. The number of aromatic amines is 1. The molecular formula is C23H28N4O2. The molecule has 3 heterocycles. The van der Waals surface area contributed by atoms with Crippen molar-refractivity contribution < 1.29 is 9.47 Å². The molecule has 5 rings (SSSR count). The summed E-state index contributed by atoms with van der Waals surface area (Å²) in [7, 11) is 0. The summed E-state index contributed by atoms with van der Waals surface area (Å²) >= 11 is 0. The number of hydrazine groups is 1. The highest BCUT2D eigenvalue weighted by Crippen LogP contribution is 2.35. The number of hydrogen-bond acceptors (Lipinski definition) is 5. The fourth-order valence-corrected chi connectivity index (χ4v) is 4.49. The lowest BCUT2D eigenvalue weighted by Gasteiger charge is -2.23. The lowest BCUT2D eigenvalue weighted by atomic mass is 9.94.